The van der Waals surface area contributed by atoms with E-state index in [1.807, 2.05) is 38.1 Å². The molecular weight excluding hydrogens is 304 g/mol. The lowest BCUT2D eigenvalue weighted by Gasteiger charge is -2.17. The van der Waals surface area contributed by atoms with Crippen molar-refractivity contribution >= 4 is 15.9 Å². The molecule has 1 aromatic carbocycles. The van der Waals surface area contributed by atoms with Gasteiger partial charge in [0.1, 0.15) is 5.75 Å². The van der Waals surface area contributed by atoms with Crippen LogP contribution in [-0.4, -0.2) is 37.6 Å². The van der Waals surface area contributed by atoms with Crippen LogP contribution in [-0.2, 0) is 21.4 Å². The monoisotopic (exact) mass is 326 g/mol. The van der Waals surface area contributed by atoms with Crippen molar-refractivity contribution in [1.82, 2.24) is 4.90 Å². The molecule has 6 nitrogen and oxygen atoms in total. The van der Waals surface area contributed by atoms with Gasteiger partial charge >= 0.3 is 0 Å². The molecule has 22 heavy (non-hydrogen) atoms. The van der Waals surface area contributed by atoms with Gasteiger partial charge in [-0.1, -0.05) is 12.1 Å². The Hall–Kier alpha value is -1.60. The molecule has 1 amide bonds. The minimum Gasteiger partial charge on any atom is -0.491 e. The Morgan fingerprint density at radius 2 is 2.14 bits per heavy atom. The standard InChI is InChI=1S/C15H22N2O4S/c1-11(2)21-14-5-3-4-12(6-14)8-17-9-13(7-15(17)18)10-22(16,19)20/h3-6,11,13H,7-10H2,1-2H3,(H2,16,19,20). The largest absolute Gasteiger partial charge is 0.491 e. The topological polar surface area (TPSA) is 89.7 Å². The second-order valence-corrected chi connectivity index (χ2v) is 7.65. The van der Waals surface area contributed by atoms with Crippen molar-refractivity contribution in [3.05, 3.63) is 29.8 Å². The Labute approximate surface area is 131 Å². The Bertz CT molecular complexity index is 643. The maximum Gasteiger partial charge on any atom is 0.223 e. The number of primary sulfonamides is 1. The molecule has 0 bridgehead atoms. The molecule has 0 spiro atoms. The van der Waals surface area contributed by atoms with Crippen molar-refractivity contribution in [2.24, 2.45) is 11.1 Å². The van der Waals surface area contributed by atoms with Crippen LogP contribution in [0.4, 0.5) is 0 Å². The molecule has 1 atom stereocenters. The van der Waals surface area contributed by atoms with E-state index in [1.165, 1.54) is 0 Å². The molecule has 1 heterocycles. The number of hydrogen-bond acceptors (Lipinski definition) is 4. The molecule has 1 aliphatic rings. The highest BCUT2D eigenvalue weighted by Gasteiger charge is 2.31. The number of carbonyl (C=O) groups is 1. The molecule has 1 aliphatic heterocycles. The van der Waals surface area contributed by atoms with Crippen molar-refractivity contribution < 1.29 is 17.9 Å². The number of nitrogens with two attached hydrogens (primary N) is 1. The van der Waals surface area contributed by atoms with Crippen LogP contribution in [0.25, 0.3) is 0 Å². The zero-order chi connectivity index (χ0) is 16.3. The number of carbonyl (C=O) groups excluding carboxylic acids is 1. The lowest BCUT2D eigenvalue weighted by Crippen LogP contribution is -2.27. The Morgan fingerprint density at radius 3 is 2.77 bits per heavy atom. The number of amides is 1. The third-order valence-corrected chi connectivity index (χ3v) is 4.34. The smallest absolute Gasteiger partial charge is 0.223 e. The maximum absolute atomic E-state index is 12.0. The van der Waals surface area contributed by atoms with Gasteiger partial charge in [-0.2, -0.15) is 0 Å². The lowest BCUT2D eigenvalue weighted by atomic mass is 10.1. The number of nitrogens with zero attached hydrogens (tertiary/aromatic N) is 1. The summed E-state index contributed by atoms with van der Waals surface area (Å²) in [6, 6.07) is 7.59. The summed E-state index contributed by atoms with van der Waals surface area (Å²) in [6.45, 7) is 4.78. The van der Waals surface area contributed by atoms with Crippen LogP contribution < -0.4 is 9.88 Å². The first-order valence-electron chi connectivity index (χ1n) is 7.27. The average Bonchev–Trinajstić information content (AvgIpc) is 2.66. The van der Waals surface area contributed by atoms with Crippen molar-refractivity contribution in [2.45, 2.75) is 32.9 Å². The van der Waals surface area contributed by atoms with Crippen LogP contribution in [0.3, 0.4) is 0 Å². The van der Waals surface area contributed by atoms with E-state index in [0.29, 0.717) is 13.1 Å². The van der Waals surface area contributed by atoms with E-state index < -0.39 is 10.0 Å². The minimum atomic E-state index is -3.55. The molecule has 1 unspecified atom stereocenters. The van der Waals surface area contributed by atoms with Gasteiger partial charge in [0.25, 0.3) is 0 Å². The van der Waals surface area contributed by atoms with Crippen molar-refractivity contribution in [3.63, 3.8) is 0 Å². The first-order valence-corrected chi connectivity index (χ1v) is 8.98. The first-order chi connectivity index (χ1) is 10.2. The van der Waals surface area contributed by atoms with Gasteiger partial charge < -0.3 is 9.64 Å². The van der Waals surface area contributed by atoms with E-state index in [2.05, 4.69) is 0 Å². The van der Waals surface area contributed by atoms with E-state index in [9.17, 15) is 13.2 Å². The Morgan fingerprint density at radius 1 is 1.41 bits per heavy atom. The summed E-state index contributed by atoms with van der Waals surface area (Å²) < 4.78 is 27.9. The third kappa shape index (κ3) is 4.99. The Kier molecular flexibility index (Phi) is 5.08. The summed E-state index contributed by atoms with van der Waals surface area (Å²) in [5.41, 5.74) is 0.961. The normalized spacial score (nSPS) is 19.0. The summed E-state index contributed by atoms with van der Waals surface area (Å²) in [7, 11) is -3.55. The van der Waals surface area contributed by atoms with Gasteiger partial charge in [-0.25, -0.2) is 13.6 Å². The molecular formula is C15H22N2O4S. The van der Waals surface area contributed by atoms with Crippen molar-refractivity contribution in [1.29, 1.82) is 0 Å². The predicted octanol–water partition coefficient (Wildman–Crippen LogP) is 1.11. The average molecular weight is 326 g/mol. The summed E-state index contributed by atoms with van der Waals surface area (Å²) >= 11 is 0. The minimum absolute atomic E-state index is 0.0381. The van der Waals surface area contributed by atoms with Gasteiger partial charge in [-0.05, 0) is 31.5 Å². The van der Waals surface area contributed by atoms with Crippen LogP contribution in [0.5, 0.6) is 5.75 Å². The highest BCUT2D eigenvalue weighted by atomic mass is 32.2. The van der Waals surface area contributed by atoms with Gasteiger partial charge in [0, 0.05) is 25.4 Å². The molecule has 1 aromatic rings. The van der Waals surface area contributed by atoms with Crippen LogP contribution >= 0.6 is 0 Å². The van der Waals surface area contributed by atoms with Crippen LogP contribution in [0, 0.1) is 5.92 Å². The van der Waals surface area contributed by atoms with E-state index in [1.54, 1.807) is 4.90 Å². The summed E-state index contributed by atoms with van der Waals surface area (Å²) in [4.78, 5) is 13.7. The van der Waals surface area contributed by atoms with E-state index in [4.69, 9.17) is 9.88 Å². The SMILES string of the molecule is CC(C)Oc1cccc(CN2CC(CS(N)(=O)=O)CC2=O)c1. The maximum atomic E-state index is 12.0. The molecule has 2 N–H and O–H groups in total. The van der Waals surface area contributed by atoms with Crippen molar-refractivity contribution in [2.75, 3.05) is 12.3 Å². The fraction of sp³-hybridized carbons (Fsp3) is 0.533. The van der Waals surface area contributed by atoms with Gasteiger partial charge in [0.05, 0.1) is 11.9 Å². The zero-order valence-electron chi connectivity index (χ0n) is 12.9. The van der Waals surface area contributed by atoms with Gasteiger partial charge in [-0.3, -0.25) is 4.79 Å². The molecule has 0 saturated carbocycles. The quantitative estimate of drug-likeness (QED) is 0.848. The number of ether oxygens (including phenoxy) is 1. The number of sulfonamides is 1. The van der Waals surface area contributed by atoms with E-state index >= 15 is 0 Å². The molecule has 1 saturated heterocycles. The third-order valence-electron chi connectivity index (χ3n) is 3.41. The number of likely N-dealkylation sites (tertiary alicyclic amines) is 1. The molecule has 0 aliphatic carbocycles. The predicted molar refractivity (Wildman–Crippen MR) is 83.7 cm³/mol. The van der Waals surface area contributed by atoms with E-state index in [-0.39, 0.29) is 30.1 Å². The molecule has 2 rings (SSSR count). The summed E-state index contributed by atoms with van der Waals surface area (Å²) in [5.74, 6) is 0.354. The van der Waals surface area contributed by atoms with Crippen molar-refractivity contribution in [3.8, 4) is 5.75 Å². The first kappa shape index (κ1) is 16.8. The number of hydrogen-bond donors (Lipinski definition) is 1. The molecule has 0 aromatic heterocycles. The highest BCUT2D eigenvalue weighted by Crippen LogP contribution is 2.23. The fourth-order valence-electron chi connectivity index (χ4n) is 2.66. The molecule has 7 heteroatoms. The highest BCUT2D eigenvalue weighted by molar-refractivity contribution is 7.89. The van der Waals surface area contributed by atoms with Gasteiger partial charge in [-0.15, -0.1) is 0 Å². The van der Waals surface area contributed by atoms with Gasteiger partial charge in [0.2, 0.25) is 15.9 Å². The molecule has 1 fully saturated rings. The number of benzene rings is 1. The van der Waals surface area contributed by atoms with Crippen LogP contribution in [0.2, 0.25) is 0 Å². The van der Waals surface area contributed by atoms with Crippen LogP contribution in [0.15, 0.2) is 24.3 Å². The number of rotatable bonds is 6. The summed E-state index contributed by atoms with van der Waals surface area (Å²) in [5, 5.41) is 5.05. The van der Waals surface area contributed by atoms with Gasteiger partial charge in [0.15, 0.2) is 0 Å². The molecule has 0 radical (unpaired) electrons. The summed E-state index contributed by atoms with van der Waals surface area (Å²) in [6.07, 6.45) is 0.321. The zero-order valence-corrected chi connectivity index (χ0v) is 13.7. The molecule has 122 valence electrons. The fourth-order valence-corrected chi connectivity index (χ4v) is 3.54. The second kappa shape index (κ2) is 6.66. The Balaban J connectivity index is 2.00. The van der Waals surface area contributed by atoms with Crippen LogP contribution in [0.1, 0.15) is 25.8 Å². The lowest BCUT2D eigenvalue weighted by molar-refractivity contribution is -0.128. The van der Waals surface area contributed by atoms with E-state index in [0.717, 1.165) is 11.3 Å². The second-order valence-electron chi connectivity index (χ2n) is 5.99.